The summed E-state index contributed by atoms with van der Waals surface area (Å²) >= 11 is 6.37. The van der Waals surface area contributed by atoms with Crippen LogP contribution >= 0.6 is 11.6 Å². The number of halogens is 1. The Labute approximate surface area is 123 Å². The van der Waals surface area contributed by atoms with Gasteiger partial charge in [-0.3, -0.25) is 4.57 Å². The SMILES string of the molecule is Cc1cc2ncn(-c3c(Cl)cccc3CN)c2cc1C. The first-order chi connectivity index (χ1) is 9.61. The smallest absolute Gasteiger partial charge is 0.100 e. The van der Waals surface area contributed by atoms with E-state index in [9.17, 15) is 0 Å². The highest BCUT2D eigenvalue weighted by Gasteiger charge is 2.12. The molecular formula is C16H16ClN3. The molecule has 102 valence electrons. The molecule has 0 aliphatic carbocycles. The summed E-state index contributed by atoms with van der Waals surface area (Å²) < 4.78 is 2.02. The van der Waals surface area contributed by atoms with Gasteiger partial charge in [0.2, 0.25) is 0 Å². The van der Waals surface area contributed by atoms with Gasteiger partial charge in [-0.2, -0.15) is 0 Å². The zero-order valence-electron chi connectivity index (χ0n) is 11.5. The van der Waals surface area contributed by atoms with Gasteiger partial charge in [-0.1, -0.05) is 23.7 Å². The number of nitrogens with two attached hydrogens (primary N) is 1. The Morgan fingerprint density at radius 1 is 1.20 bits per heavy atom. The molecule has 2 aromatic carbocycles. The maximum atomic E-state index is 6.37. The number of nitrogens with zero attached hydrogens (tertiary/aromatic N) is 2. The van der Waals surface area contributed by atoms with Crippen molar-refractivity contribution in [3.63, 3.8) is 0 Å². The molecule has 3 nitrogen and oxygen atoms in total. The van der Waals surface area contributed by atoms with E-state index in [1.165, 1.54) is 11.1 Å². The monoisotopic (exact) mass is 285 g/mol. The molecule has 3 rings (SSSR count). The number of para-hydroxylation sites is 1. The highest BCUT2D eigenvalue weighted by atomic mass is 35.5. The van der Waals surface area contributed by atoms with E-state index in [-0.39, 0.29) is 0 Å². The molecule has 20 heavy (non-hydrogen) atoms. The number of benzene rings is 2. The van der Waals surface area contributed by atoms with E-state index in [4.69, 9.17) is 17.3 Å². The molecule has 1 heterocycles. The molecule has 0 saturated heterocycles. The van der Waals surface area contributed by atoms with Crippen molar-refractivity contribution in [2.45, 2.75) is 20.4 Å². The topological polar surface area (TPSA) is 43.8 Å². The molecule has 1 aromatic heterocycles. The van der Waals surface area contributed by atoms with E-state index in [1.54, 1.807) is 0 Å². The molecule has 0 saturated carbocycles. The summed E-state index contributed by atoms with van der Waals surface area (Å²) in [5.41, 5.74) is 12.3. The van der Waals surface area contributed by atoms with Gasteiger partial charge in [-0.15, -0.1) is 0 Å². The largest absolute Gasteiger partial charge is 0.326 e. The quantitative estimate of drug-likeness (QED) is 0.779. The van der Waals surface area contributed by atoms with Gasteiger partial charge in [0.25, 0.3) is 0 Å². The van der Waals surface area contributed by atoms with Gasteiger partial charge in [-0.05, 0) is 48.7 Å². The van der Waals surface area contributed by atoms with E-state index in [0.29, 0.717) is 11.6 Å². The third-order valence-electron chi connectivity index (χ3n) is 3.69. The van der Waals surface area contributed by atoms with Crippen LogP contribution in [-0.4, -0.2) is 9.55 Å². The number of hydrogen-bond donors (Lipinski definition) is 1. The summed E-state index contributed by atoms with van der Waals surface area (Å²) in [4.78, 5) is 4.48. The Kier molecular flexibility index (Phi) is 3.24. The molecule has 3 aromatic rings. The van der Waals surface area contributed by atoms with Crippen LogP contribution in [0.5, 0.6) is 0 Å². The van der Waals surface area contributed by atoms with Crippen LogP contribution in [0.2, 0.25) is 5.02 Å². The van der Waals surface area contributed by atoms with Gasteiger partial charge in [0.05, 0.1) is 21.7 Å². The van der Waals surface area contributed by atoms with Crippen molar-refractivity contribution in [1.29, 1.82) is 0 Å². The molecule has 0 aliphatic heterocycles. The standard InChI is InChI=1S/C16H16ClN3/c1-10-6-14-15(7-11(10)2)20(9-19-14)16-12(8-18)4-3-5-13(16)17/h3-7,9H,8,18H2,1-2H3. The van der Waals surface area contributed by atoms with Gasteiger partial charge in [0.15, 0.2) is 0 Å². The lowest BCUT2D eigenvalue weighted by Crippen LogP contribution is -2.04. The lowest BCUT2D eigenvalue weighted by atomic mass is 10.1. The van der Waals surface area contributed by atoms with Crippen LogP contribution in [0.1, 0.15) is 16.7 Å². The molecule has 0 atom stereocenters. The second kappa shape index (κ2) is 4.93. The zero-order valence-corrected chi connectivity index (χ0v) is 12.3. The summed E-state index contributed by atoms with van der Waals surface area (Å²) in [5.74, 6) is 0. The number of hydrogen-bond acceptors (Lipinski definition) is 2. The molecule has 0 bridgehead atoms. The molecule has 4 heteroatoms. The van der Waals surface area contributed by atoms with Crippen molar-refractivity contribution in [1.82, 2.24) is 9.55 Å². The highest BCUT2D eigenvalue weighted by Crippen LogP contribution is 2.28. The first-order valence-corrected chi connectivity index (χ1v) is 6.91. The third-order valence-corrected chi connectivity index (χ3v) is 4.00. The molecule has 0 spiro atoms. The van der Waals surface area contributed by atoms with Gasteiger partial charge in [-0.25, -0.2) is 4.98 Å². The van der Waals surface area contributed by atoms with Gasteiger partial charge in [0.1, 0.15) is 6.33 Å². The Morgan fingerprint density at radius 3 is 2.70 bits per heavy atom. The minimum absolute atomic E-state index is 0.445. The maximum absolute atomic E-state index is 6.37. The minimum Gasteiger partial charge on any atom is -0.326 e. The number of fused-ring (bicyclic) bond motifs is 1. The molecule has 2 N–H and O–H groups in total. The normalized spacial score (nSPS) is 11.2. The van der Waals surface area contributed by atoms with Crippen molar-refractivity contribution in [2.75, 3.05) is 0 Å². The number of imidazole rings is 1. The van der Waals surface area contributed by atoms with Gasteiger partial charge in [0, 0.05) is 6.54 Å². The van der Waals surface area contributed by atoms with E-state index < -0.39 is 0 Å². The van der Waals surface area contributed by atoms with Crippen LogP contribution in [0.4, 0.5) is 0 Å². The van der Waals surface area contributed by atoms with Gasteiger partial charge >= 0.3 is 0 Å². The van der Waals surface area contributed by atoms with Crippen LogP contribution in [0.3, 0.4) is 0 Å². The highest BCUT2D eigenvalue weighted by molar-refractivity contribution is 6.32. The van der Waals surface area contributed by atoms with Crippen molar-refractivity contribution in [3.8, 4) is 5.69 Å². The Bertz CT molecular complexity index is 790. The van der Waals surface area contributed by atoms with Crippen LogP contribution in [0.15, 0.2) is 36.7 Å². The second-order valence-electron chi connectivity index (χ2n) is 4.99. The number of rotatable bonds is 2. The van der Waals surface area contributed by atoms with Crippen LogP contribution in [0.25, 0.3) is 16.7 Å². The van der Waals surface area contributed by atoms with Crippen LogP contribution in [-0.2, 0) is 6.54 Å². The Morgan fingerprint density at radius 2 is 1.95 bits per heavy atom. The van der Waals surface area contributed by atoms with E-state index >= 15 is 0 Å². The lowest BCUT2D eigenvalue weighted by molar-refractivity contribution is 1.00. The molecule has 0 unspecified atom stereocenters. The average Bonchev–Trinajstić information content (AvgIpc) is 2.81. The molecule has 0 aliphatic rings. The predicted molar refractivity (Wildman–Crippen MR) is 83.4 cm³/mol. The zero-order chi connectivity index (χ0) is 14.3. The fourth-order valence-corrected chi connectivity index (χ4v) is 2.72. The first-order valence-electron chi connectivity index (χ1n) is 6.54. The average molecular weight is 286 g/mol. The molecule has 0 radical (unpaired) electrons. The second-order valence-corrected chi connectivity index (χ2v) is 5.40. The maximum Gasteiger partial charge on any atom is 0.100 e. The van der Waals surface area contributed by atoms with Crippen molar-refractivity contribution >= 4 is 22.6 Å². The lowest BCUT2D eigenvalue weighted by Gasteiger charge is -2.12. The van der Waals surface area contributed by atoms with Crippen molar-refractivity contribution < 1.29 is 0 Å². The van der Waals surface area contributed by atoms with Crippen LogP contribution in [0, 0.1) is 13.8 Å². The summed E-state index contributed by atoms with van der Waals surface area (Å²) in [6, 6.07) is 10.0. The summed E-state index contributed by atoms with van der Waals surface area (Å²) in [7, 11) is 0. The summed E-state index contributed by atoms with van der Waals surface area (Å²) in [5, 5.41) is 0.686. The summed E-state index contributed by atoms with van der Waals surface area (Å²) in [6.45, 7) is 4.64. The molecule has 0 fully saturated rings. The fourth-order valence-electron chi connectivity index (χ4n) is 2.44. The Hall–Kier alpha value is -1.84. The van der Waals surface area contributed by atoms with Crippen molar-refractivity contribution in [3.05, 3.63) is 58.4 Å². The molecular weight excluding hydrogens is 270 g/mol. The van der Waals surface area contributed by atoms with E-state index in [2.05, 4.69) is 31.0 Å². The predicted octanol–water partition coefficient (Wildman–Crippen LogP) is 3.75. The third kappa shape index (κ3) is 1.99. The molecule has 0 amide bonds. The van der Waals surface area contributed by atoms with Crippen molar-refractivity contribution in [2.24, 2.45) is 5.73 Å². The fraction of sp³-hybridized carbons (Fsp3) is 0.188. The first kappa shape index (κ1) is 13.2. The van der Waals surface area contributed by atoms with Crippen LogP contribution < -0.4 is 5.73 Å². The van der Waals surface area contributed by atoms with E-state index in [0.717, 1.165) is 22.3 Å². The Balaban J connectivity index is 2.33. The van der Waals surface area contributed by atoms with E-state index in [1.807, 2.05) is 29.1 Å². The number of aromatic nitrogens is 2. The number of aryl methyl sites for hydroxylation is 2. The van der Waals surface area contributed by atoms with Gasteiger partial charge < -0.3 is 5.73 Å². The summed E-state index contributed by atoms with van der Waals surface area (Å²) in [6.07, 6.45) is 1.81. The minimum atomic E-state index is 0.445.